The zero-order chi connectivity index (χ0) is 14.1. The van der Waals surface area contributed by atoms with E-state index in [9.17, 15) is 8.42 Å². The van der Waals surface area contributed by atoms with Gasteiger partial charge in [0.2, 0.25) is 10.0 Å². The number of nitrogen functional groups attached to an aromatic ring is 1. The van der Waals surface area contributed by atoms with Gasteiger partial charge in [-0.3, -0.25) is 0 Å². The SMILES string of the molecule is CC(C)C(C)N(C)c1cc(S(N)(=O)=O)ccc1N. The first kappa shape index (κ1) is 14.8. The molecular formula is C12H21N3O2S. The maximum Gasteiger partial charge on any atom is 0.238 e. The molecule has 0 saturated carbocycles. The monoisotopic (exact) mass is 271 g/mol. The lowest BCUT2D eigenvalue weighted by Gasteiger charge is -2.31. The predicted molar refractivity (Wildman–Crippen MR) is 74.9 cm³/mol. The second kappa shape index (κ2) is 5.16. The number of rotatable bonds is 4. The molecule has 18 heavy (non-hydrogen) atoms. The molecule has 0 heterocycles. The molecule has 0 aromatic heterocycles. The molecule has 102 valence electrons. The van der Waals surface area contributed by atoms with Crippen molar-refractivity contribution in [2.45, 2.75) is 31.7 Å². The molecule has 1 unspecified atom stereocenters. The molecule has 0 saturated heterocycles. The van der Waals surface area contributed by atoms with Crippen LogP contribution in [0.4, 0.5) is 11.4 Å². The van der Waals surface area contributed by atoms with Crippen LogP contribution >= 0.6 is 0 Å². The van der Waals surface area contributed by atoms with Gasteiger partial charge in [-0.15, -0.1) is 0 Å². The number of hydrogen-bond acceptors (Lipinski definition) is 4. The molecular weight excluding hydrogens is 250 g/mol. The van der Waals surface area contributed by atoms with Gasteiger partial charge in [-0.25, -0.2) is 13.6 Å². The van der Waals surface area contributed by atoms with Crippen LogP contribution in [0.15, 0.2) is 23.1 Å². The van der Waals surface area contributed by atoms with Gasteiger partial charge in [0, 0.05) is 13.1 Å². The van der Waals surface area contributed by atoms with Gasteiger partial charge in [-0.05, 0) is 31.0 Å². The molecule has 0 radical (unpaired) electrons. The van der Waals surface area contributed by atoms with Crippen LogP contribution in [0.2, 0.25) is 0 Å². The first-order chi connectivity index (χ1) is 8.14. The number of sulfonamides is 1. The van der Waals surface area contributed by atoms with E-state index in [1.807, 2.05) is 11.9 Å². The van der Waals surface area contributed by atoms with Crippen LogP contribution < -0.4 is 15.8 Å². The third-order valence-electron chi connectivity index (χ3n) is 3.29. The van der Waals surface area contributed by atoms with Crippen molar-refractivity contribution >= 4 is 21.4 Å². The summed E-state index contributed by atoms with van der Waals surface area (Å²) in [6, 6.07) is 4.74. The summed E-state index contributed by atoms with van der Waals surface area (Å²) in [6.07, 6.45) is 0. The van der Waals surface area contributed by atoms with E-state index < -0.39 is 10.0 Å². The predicted octanol–water partition coefficient (Wildman–Crippen LogP) is 1.40. The number of hydrogen-bond donors (Lipinski definition) is 2. The van der Waals surface area contributed by atoms with Crippen molar-refractivity contribution in [1.82, 2.24) is 0 Å². The van der Waals surface area contributed by atoms with E-state index in [-0.39, 0.29) is 10.9 Å². The third kappa shape index (κ3) is 3.14. The lowest BCUT2D eigenvalue weighted by atomic mass is 10.0. The van der Waals surface area contributed by atoms with Gasteiger partial charge in [0.1, 0.15) is 0 Å². The molecule has 1 rings (SSSR count). The second-order valence-corrected chi connectivity index (χ2v) is 6.42. The molecule has 0 amide bonds. The van der Waals surface area contributed by atoms with Crippen molar-refractivity contribution < 1.29 is 8.42 Å². The minimum atomic E-state index is -3.70. The molecule has 0 aliphatic rings. The summed E-state index contributed by atoms with van der Waals surface area (Å²) in [6.45, 7) is 6.26. The van der Waals surface area contributed by atoms with E-state index in [4.69, 9.17) is 10.9 Å². The van der Waals surface area contributed by atoms with E-state index in [2.05, 4.69) is 20.8 Å². The van der Waals surface area contributed by atoms with Crippen LogP contribution in [0.5, 0.6) is 0 Å². The highest BCUT2D eigenvalue weighted by Gasteiger charge is 2.18. The zero-order valence-electron chi connectivity index (χ0n) is 11.2. The van der Waals surface area contributed by atoms with Crippen LogP contribution in [0.25, 0.3) is 0 Å². The smallest absolute Gasteiger partial charge is 0.238 e. The van der Waals surface area contributed by atoms with Crippen molar-refractivity contribution in [2.75, 3.05) is 17.7 Å². The van der Waals surface area contributed by atoms with Crippen LogP contribution in [0.1, 0.15) is 20.8 Å². The number of benzene rings is 1. The lowest BCUT2D eigenvalue weighted by Crippen LogP contribution is -2.33. The Kier molecular flexibility index (Phi) is 4.24. The van der Waals surface area contributed by atoms with Crippen LogP contribution in [0.3, 0.4) is 0 Å². The van der Waals surface area contributed by atoms with E-state index in [0.717, 1.165) is 0 Å². The molecule has 0 bridgehead atoms. The van der Waals surface area contributed by atoms with Crippen molar-refractivity contribution in [1.29, 1.82) is 0 Å². The van der Waals surface area contributed by atoms with E-state index in [1.54, 1.807) is 6.07 Å². The summed E-state index contributed by atoms with van der Waals surface area (Å²) in [5.41, 5.74) is 7.12. The Hall–Kier alpha value is -1.27. The van der Waals surface area contributed by atoms with Gasteiger partial charge < -0.3 is 10.6 Å². The lowest BCUT2D eigenvalue weighted by molar-refractivity contribution is 0.506. The van der Waals surface area contributed by atoms with Crippen molar-refractivity contribution in [2.24, 2.45) is 11.1 Å². The maximum atomic E-state index is 11.3. The van der Waals surface area contributed by atoms with E-state index >= 15 is 0 Å². The Morgan fingerprint density at radius 1 is 1.22 bits per heavy atom. The minimum absolute atomic E-state index is 0.0782. The van der Waals surface area contributed by atoms with Gasteiger partial charge in [0.25, 0.3) is 0 Å². The van der Waals surface area contributed by atoms with E-state index in [0.29, 0.717) is 17.3 Å². The van der Waals surface area contributed by atoms with Gasteiger partial charge in [0.15, 0.2) is 0 Å². The van der Waals surface area contributed by atoms with Crippen molar-refractivity contribution in [3.8, 4) is 0 Å². The summed E-state index contributed by atoms with van der Waals surface area (Å²) in [7, 11) is -1.81. The highest BCUT2D eigenvalue weighted by atomic mass is 32.2. The molecule has 6 heteroatoms. The topological polar surface area (TPSA) is 89.4 Å². The fraction of sp³-hybridized carbons (Fsp3) is 0.500. The Balaban J connectivity index is 3.24. The standard InChI is InChI=1S/C12H21N3O2S/c1-8(2)9(3)15(4)12-7-10(18(14,16)17)5-6-11(12)13/h5-9H,13H2,1-4H3,(H2,14,16,17). The summed E-state index contributed by atoms with van der Waals surface area (Å²) in [4.78, 5) is 2.05. The summed E-state index contributed by atoms with van der Waals surface area (Å²) in [5, 5.41) is 5.12. The Morgan fingerprint density at radius 2 is 1.78 bits per heavy atom. The van der Waals surface area contributed by atoms with Crippen LogP contribution in [-0.4, -0.2) is 21.5 Å². The van der Waals surface area contributed by atoms with E-state index in [1.165, 1.54) is 12.1 Å². The second-order valence-electron chi connectivity index (χ2n) is 4.86. The van der Waals surface area contributed by atoms with Gasteiger partial charge in [-0.2, -0.15) is 0 Å². The Morgan fingerprint density at radius 3 is 2.22 bits per heavy atom. The van der Waals surface area contributed by atoms with Crippen LogP contribution in [0, 0.1) is 5.92 Å². The van der Waals surface area contributed by atoms with Crippen molar-refractivity contribution in [3.63, 3.8) is 0 Å². The normalized spacial score (nSPS) is 13.7. The quantitative estimate of drug-likeness (QED) is 0.810. The molecule has 5 nitrogen and oxygen atoms in total. The fourth-order valence-corrected chi connectivity index (χ4v) is 2.21. The number of nitrogens with zero attached hydrogens (tertiary/aromatic N) is 1. The Bertz CT molecular complexity index is 526. The van der Waals surface area contributed by atoms with Crippen LogP contribution in [-0.2, 0) is 10.0 Å². The van der Waals surface area contributed by atoms with Crippen molar-refractivity contribution in [3.05, 3.63) is 18.2 Å². The fourth-order valence-electron chi connectivity index (χ4n) is 1.67. The van der Waals surface area contributed by atoms with Gasteiger partial charge >= 0.3 is 0 Å². The average molecular weight is 271 g/mol. The Labute approximate surface area is 109 Å². The number of primary sulfonamides is 1. The number of anilines is 2. The average Bonchev–Trinajstić information content (AvgIpc) is 2.26. The highest BCUT2D eigenvalue weighted by molar-refractivity contribution is 7.89. The maximum absolute atomic E-state index is 11.3. The third-order valence-corrected chi connectivity index (χ3v) is 4.20. The summed E-state index contributed by atoms with van der Waals surface area (Å²) in [5.74, 6) is 0.424. The van der Waals surface area contributed by atoms with Gasteiger partial charge in [-0.1, -0.05) is 13.8 Å². The largest absolute Gasteiger partial charge is 0.397 e. The van der Waals surface area contributed by atoms with Gasteiger partial charge in [0.05, 0.1) is 16.3 Å². The summed E-state index contributed by atoms with van der Waals surface area (Å²) < 4.78 is 22.7. The molecule has 1 atom stereocenters. The molecule has 4 N–H and O–H groups in total. The first-order valence-electron chi connectivity index (χ1n) is 5.79. The first-order valence-corrected chi connectivity index (χ1v) is 7.34. The molecule has 1 aromatic rings. The minimum Gasteiger partial charge on any atom is -0.397 e. The molecule has 0 fully saturated rings. The molecule has 0 aliphatic carbocycles. The summed E-state index contributed by atoms with van der Waals surface area (Å²) >= 11 is 0. The highest BCUT2D eigenvalue weighted by Crippen LogP contribution is 2.28. The number of nitrogens with two attached hydrogens (primary N) is 2. The molecule has 1 aromatic carbocycles. The zero-order valence-corrected chi connectivity index (χ0v) is 12.0. The molecule has 0 aliphatic heterocycles. The molecule has 0 spiro atoms.